The van der Waals surface area contributed by atoms with E-state index >= 15 is 0 Å². The van der Waals surface area contributed by atoms with Crippen LogP contribution in [0.4, 0.5) is 11.1 Å². The Morgan fingerprint density at radius 1 is 1.03 bits per heavy atom. The summed E-state index contributed by atoms with van der Waals surface area (Å²) in [5.74, 6) is 0.250. The molecule has 2 aromatic carbocycles. The first-order valence-corrected chi connectivity index (χ1v) is 12.1. The van der Waals surface area contributed by atoms with Crippen LogP contribution in [-0.2, 0) is 11.8 Å². The van der Waals surface area contributed by atoms with Gasteiger partial charge in [0, 0.05) is 43.8 Å². The molecule has 0 spiro atoms. The minimum absolute atomic E-state index is 0.0166. The number of likely N-dealkylation sites (N-methyl/N-ethyl adjacent to an activating group) is 1. The Morgan fingerprint density at radius 3 is 2.62 bits per heavy atom. The van der Waals surface area contributed by atoms with Crippen molar-refractivity contribution in [3.63, 3.8) is 0 Å². The van der Waals surface area contributed by atoms with Crippen LogP contribution < -0.4 is 10.6 Å². The number of amides is 2. The normalized spacial score (nSPS) is 14.6. The highest BCUT2D eigenvalue weighted by molar-refractivity contribution is 7.22. The van der Waals surface area contributed by atoms with E-state index < -0.39 is 0 Å². The molecule has 5 rings (SSSR count). The van der Waals surface area contributed by atoms with Gasteiger partial charge in [0.15, 0.2) is 5.13 Å². The molecule has 0 radical (unpaired) electrons. The van der Waals surface area contributed by atoms with Gasteiger partial charge < -0.3 is 25.0 Å². The lowest BCUT2D eigenvalue weighted by Crippen LogP contribution is -2.50. The second-order valence-electron chi connectivity index (χ2n) is 8.32. The number of hydrogen-bond donors (Lipinski definition) is 2. The molecule has 0 unspecified atom stereocenters. The van der Waals surface area contributed by atoms with Crippen LogP contribution >= 0.6 is 22.9 Å². The number of aromatic nitrogens is 3. The number of fused-ring (bicyclic) bond motifs is 2. The maximum atomic E-state index is 12.7. The van der Waals surface area contributed by atoms with Crippen LogP contribution in [0, 0.1) is 0 Å². The molecule has 2 amide bonds. The summed E-state index contributed by atoms with van der Waals surface area (Å²) >= 11 is 7.57. The van der Waals surface area contributed by atoms with E-state index in [1.54, 1.807) is 17.0 Å². The number of nitrogens with one attached hydrogen (secondary N) is 2. The number of anilines is 2. The lowest BCUT2D eigenvalue weighted by atomic mass is 10.2. The van der Waals surface area contributed by atoms with Gasteiger partial charge in [-0.2, -0.15) is 0 Å². The highest BCUT2D eigenvalue weighted by atomic mass is 35.5. The van der Waals surface area contributed by atoms with Crippen LogP contribution in [0.25, 0.3) is 21.3 Å². The van der Waals surface area contributed by atoms with Gasteiger partial charge in [-0.3, -0.25) is 9.59 Å². The first-order chi connectivity index (χ1) is 16.4. The minimum Gasteiger partial charge on any atom is -0.343 e. The van der Waals surface area contributed by atoms with Crippen LogP contribution in [0.1, 0.15) is 10.4 Å². The van der Waals surface area contributed by atoms with E-state index in [1.165, 1.54) is 11.3 Å². The zero-order valence-electron chi connectivity index (χ0n) is 18.8. The summed E-state index contributed by atoms with van der Waals surface area (Å²) in [5.41, 5.74) is 2.86. The fraction of sp³-hybridized carbons (Fsp3) is 0.304. The van der Waals surface area contributed by atoms with E-state index in [2.05, 4.69) is 25.5 Å². The van der Waals surface area contributed by atoms with Gasteiger partial charge >= 0.3 is 0 Å². The monoisotopic (exact) mass is 497 g/mol. The Balaban J connectivity index is 1.28. The summed E-state index contributed by atoms with van der Waals surface area (Å²) in [6.07, 6.45) is 0. The van der Waals surface area contributed by atoms with Crippen LogP contribution in [0.2, 0.25) is 5.02 Å². The summed E-state index contributed by atoms with van der Waals surface area (Å²) in [4.78, 5) is 38.3. The largest absolute Gasteiger partial charge is 0.343 e. The molecule has 0 atom stereocenters. The molecular weight excluding hydrogens is 474 g/mol. The fourth-order valence-corrected chi connectivity index (χ4v) is 5.06. The van der Waals surface area contributed by atoms with Crippen molar-refractivity contribution in [2.24, 2.45) is 7.05 Å². The average molecular weight is 498 g/mol. The lowest BCUT2D eigenvalue weighted by Gasteiger charge is -2.32. The molecule has 2 aromatic heterocycles. The molecule has 11 heteroatoms. The number of thiazole rings is 1. The molecule has 34 heavy (non-hydrogen) atoms. The standard InChI is InChI=1S/C23H24ClN7O2S/c1-29-7-9-31(10-8-29)20(32)13-25-21(33)14-3-6-18-17(11-14)26-22(30(18)2)28-23-27-16-5-4-15(24)12-19(16)34-23/h3-6,11-12H,7-10,13H2,1-2H3,(H,25,33)(H,26,27,28). The van der Waals surface area contributed by atoms with Crippen molar-refractivity contribution >= 4 is 67.1 Å². The van der Waals surface area contributed by atoms with Crippen LogP contribution in [0.15, 0.2) is 36.4 Å². The summed E-state index contributed by atoms with van der Waals surface area (Å²) in [7, 11) is 3.93. The van der Waals surface area contributed by atoms with Crippen molar-refractivity contribution in [1.29, 1.82) is 0 Å². The first kappa shape index (κ1) is 22.6. The number of imidazole rings is 1. The zero-order valence-corrected chi connectivity index (χ0v) is 20.4. The predicted molar refractivity (Wildman–Crippen MR) is 135 cm³/mol. The first-order valence-electron chi connectivity index (χ1n) is 10.9. The van der Waals surface area contributed by atoms with E-state index in [4.69, 9.17) is 11.6 Å². The van der Waals surface area contributed by atoms with Crippen molar-refractivity contribution in [3.8, 4) is 0 Å². The van der Waals surface area contributed by atoms with Gasteiger partial charge in [-0.1, -0.05) is 22.9 Å². The average Bonchev–Trinajstić information content (AvgIpc) is 3.37. The van der Waals surface area contributed by atoms with Gasteiger partial charge in [-0.25, -0.2) is 9.97 Å². The molecule has 0 saturated carbocycles. The number of benzene rings is 2. The molecule has 0 bridgehead atoms. The van der Waals surface area contributed by atoms with Crippen molar-refractivity contribution in [2.45, 2.75) is 0 Å². The fourth-order valence-electron chi connectivity index (χ4n) is 3.93. The van der Waals surface area contributed by atoms with Crippen molar-refractivity contribution in [2.75, 3.05) is 45.1 Å². The number of nitrogens with zero attached hydrogens (tertiary/aromatic N) is 5. The molecule has 4 aromatic rings. The molecule has 1 aliphatic rings. The van der Waals surface area contributed by atoms with E-state index in [1.807, 2.05) is 42.9 Å². The number of carbonyl (C=O) groups excluding carboxylic acids is 2. The van der Waals surface area contributed by atoms with Crippen molar-refractivity contribution in [1.82, 2.24) is 29.7 Å². The van der Waals surface area contributed by atoms with Gasteiger partial charge in [0.2, 0.25) is 11.9 Å². The second kappa shape index (κ2) is 9.21. The summed E-state index contributed by atoms with van der Waals surface area (Å²) in [5, 5.41) is 7.37. The Bertz CT molecular complexity index is 1390. The third-order valence-corrected chi connectivity index (χ3v) is 7.14. The second-order valence-corrected chi connectivity index (χ2v) is 9.79. The van der Waals surface area contributed by atoms with Gasteiger partial charge in [-0.05, 0) is 43.4 Å². The Kier molecular flexibility index (Phi) is 6.11. The molecule has 9 nitrogen and oxygen atoms in total. The zero-order chi connectivity index (χ0) is 23.8. The maximum Gasteiger partial charge on any atom is 0.251 e. The highest BCUT2D eigenvalue weighted by Crippen LogP contribution is 2.31. The number of aryl methyl sites for hydroxylation is 1. The number of halogens is 1. The number of hydrogen-bond acceptors (Lipinski definition) is 7. The number of carbonyl (C=O) groups is 2. The van der Waals surface area contributed by atoms with Crippen molar-refractivity contribution < 1.29 is 9.59 Å². The van der Waals surface area contributed by atoms with E-state index in [9.17, 15) is 9.59 Å². The molecular formula is C23H24ClN7O2S. The summed E-state index contributed by atoms with van der Waals surface area (Å²) in [6.45, 7) is 3.04. The molecule has 1 saturated heterocycles. The number of piperazine rings is 1. The van der Waals surface area contributed by atoms with Gasteiger partial charge in [0.1, 0.15) is 0 Å². The van der Waals surface area contributed by atoms with Crippen LogP contribution in [0.3, 0.4) is 0 Å². The van der Waals surface area contributed by atoms with Crippen LogP contribution in [-0.4, -0.2) is 75.9 Å². The molecule has 1 fully saturated rings. The lowest BCUT2D eigenvalue weighted by molar-refractivity contribution is -0.131. The van der Waals surface area contributed by atoms with E-state index in [0.29, 0.717) is 40.3 Å². The summed E-state index contributed by atoms with van der Waals surface area (Å²) in [6, 6.07) is 10.9. The van der Waals surface area contributed by atoms with Gasteiger partial charge in [0.05, 0.1) is 27.8 Å². The Morgan fingerprint density at radius 2 is 1.82 bits per heavy atom. The number of rotatable bonds is 5. The molecule has 1 aliphatic heterocycles. The third-order valence-electron chi connectivity index (χ3n) is 5.97. The molecule has 2 N–H and O–H groups in total. The maximum absolute atomic E-state index is 12.7. The highest BCUT2D eigenvalue weighted by Gasteiger charge is 2.20. The minimum atomic E-state index is -0.299. The Labute approximate surface area is 205 Å². The molecule has 3 heterocycles. The van der Waals surface area contributed by atoms with Crippen molar-refractivity contribution in [3.05, 3.63) is 47.0 Å². The van der Waals surface area contributed by atoms with Gasteiger partial charge in [-0.15, -0.1) is 0 Å². The van der Waals surface area contributed by atoms with E-state index in [-0.39, 0.29) is 18.4 Å². The third kappa shape index (κ3) is 4.56. The van der Waals surface area contributed by atoms with E-state index in [0.717, 1.165) is 28.8 Å². The van der Waals surface area contributed by atoms with Gasteiger partial charge in [0.25, 0.3) is 5.91 Å². The smallest absolute Gasteiger partial charge is 0.251 e. The summed E-state index contributed by atoms with van der Waals surface area (Å²) < 4.78 is 2.89. The van der Waals surface area contributed by atoms with Crippen LogP contribution in [0.5, 0.6) is 0 Å². The molecule has 176 valence electrons. The topological polar surface area (TPSA) is 95.4 Å². The molecule has 0 aliphatic carbocycles. The SMILES string of the molecule is CN1CCN(C(=O)CNC(=O)c2ccc3c(c2)nc(Nc2nc4ccc(Cl)cc4s2)n3C)CC1. The Hall–Kier alpha value is -3.21. The predicted octanol–water partition coefficient (Wildman–Crippen LogP) is 3.08. The quantitative estimate of drug-likeness (QED) is 0.440.